The number of hydrogen-bond donors (Lipinski definition) is 2. The van der Waals surface area contributed by atoms with Crippen molar-refractivity contribution in [2.24, 2.45) is 7.05 Å². The quantitative estimate of drug-likeness (QED) is 0.291. The monoisotopic (exact) mass is 536 g/mol. The third-order valence-electron chi connectivity index (χ3n) is 8.82. The highest BCUT2D eigenvalue weighted by Crippen LogP contribution is 2.45. The summed E-state index contributed by atoms with van der Waals surface area (Å²) in [5, 5.41) is 13.4. The molecule has 0 spiro atoms. The minimum atomic E-state index is -0.111. The molecule has 0 saturated heterocycles. The van der Waals surface area contributed by atoms with Gasteiger partial charge in [0, 0.05) is 43.1 Å². The van der Waals surface area contributed by atoms with E-state index in [1.807, 2.05) is 24.0 Å². The number of likely N-dealkylation sites (N-methyl/N-ethyl adjacent to an activating group) is 1. The summed E-state index contributed by atoms with van der Waals surface area (Å²) in [6.07, 6.45) is 6.13. The summed E-state index contributed by atoms with van der Waals surface area (Å²) in [7, 11) is 3.68. The zero-order valence-electron chi connectivity index (χ0n) is 23.9. The Morgan fingerprint density at radius 1 is 1.12 bits per heavy atom. The van der Waals surface area contributed by atoms with Gasteiger partial charge in [-0.15, -0.1) is 0 Å². The molecule has 0 atom stereocenters. The second-order valence-corrected chi connectivity index (χ2v) is 11.6. The molecule has 3 aromatic heterocycles. The van der Waals surface area contributed by atoms with Crippen molar-refractivity contribution < 1.29 is 4.74 Å². The summed E-state index contributed by atoms with van der Waals surface area (Å²) in [4.78, 5) is 16.1. The van der Waals surface area contributed by atoms with Crippen molar-refractivity contribution in [1.29, 1.82) is 0 Å². The van der Waals surface area contributed by atoms with Gasteiger partial charge >= 0.3 is 0 Å². The van der Waals surface area contributed by atoms with Crippen molar-refractivity contribution in [2.75, 3.05) is 20.2 Å². The molecule has 206 valence electrons. The van der Waals surface area contributed by atoms with Crippen molar-refractivity contribution in [3.63, 3.8) is 0 Å². The number of aryl methyl sites for hydroxylation is 1. The van der Waals surface area contributed by atoms with E-state index in [2.05, 4.69) is 65.1 Å². The summed E-state index contributed by atoms with van der Waals surface area (Å²) in [5.41, 5.74) is 7.90. The molecule has 9 heteroatoms. The first kappa shape index (κ1) is 25.0. The van der Waals surface area contributed by atoms with Crippen LogP contribution in [0.15, 0.2) is 36.5 Å². The summed E-state index contributed by atoms with van der Waals surface area (Å²) in [6.45, 7) is 8.75. The van der Waals surface area contributed by atoms with Crippen LogP contribution in [0.4, 0.5) is 0 Å². The Balaban J connectivity index is 1.20. The molecule has 4 heterocycles. The minimum Gasteiger partial charge on any atom is -0.496 e. The molecule has 1 aliphatic heterocycles. The summed E-state index contributed by atoms with van der Waals surface area (Å²) >= 11 is 0. The maximum Gasteiger partial charge on any atom is 0.181 e. The van der Waals surface area contributed by atoms with Crippen LogP contribution in [0.5, 0.6) is 5.75 Å². The molecule has 7 rings (SSSR count). The van der Waals surface area contributed by atoms with Crippen molar-refractivity contribution in [1.82, 2.24) is 39.8 Å². The zero-order chi connectivity index (χ0) is 27.6. The second-order valence-electron chi connectivity index (χ2n) is 11.6. The Kier molecular flexibility index (Phi) is 5.82. The number of nitrogens with zero attached hydrogens (tertiary/aromatic N) is 6. The molecule has 0 amide bonds. The normalized spacial score (nSPS) is 16.9. The van der Waals surface area contributed by atoms with Crippen molar-refractivity contribution in [2.45, 2.75) is 57.9 Å². The topological polar surface area (TPSA) is 101 Å². The molecule has 40 heavy (non-hydrogen) atoms. The van der Waals surface area contributed by atoms with Crippen LogP contribution in [-0.2, 0) is 25.4 Å². The van der Waals surface area contributed by atoms with Gasteiger partial charge in [0.1, 0.15) is 17.4 Å². The van der Waals surface area contributed by atoms with Crippen LogP contribution in [-0.4, -0.2) is 60.0 Å². The van der Waals surface area contributed by atoms with Gasteiger partial charge in [0.15, 0.2) is 5.82 Å². The molecule has 5 aromatic rings. The molecule has 2 aliphatic rings. The zero-order valence-corrected chi connectivity index (χ0v) is 23.9. The van der Waals surface area contributed by atoms with Gasteiger partial charge < -0.3 is 9.72 Å². The predicted molar refractivity (Wildman–Crippen MR) is 155 cm³/mol. The van der Waals surface area contributed by atoms with E-state index in [1.54, 1.807) is 7.11 Å². The Labute approximate surface area is 234 Å². The number of ether oxygens (including phenoxy) is 1. The van der Waals surface area contributed by atoms with Crippen LogP contribution in [0.2, 0.25) is 0 Å². The average Bonchev–Trinajstić information content (AvgIpc) is 3.32. The lowest BCUT2D eigenvalue weighted by atomic mass is 9.91. The lowest BCUT2D eigenvalue weighted by molar-refractivity contribution is 0.110. The maximum atomic E-state index is 5.86. The van der Waals surface area contributed by atoms with E-state index in [0.29, 0.717) is 11.7 Å². The molecular weight excluding hydrogens is 500 g/mol. The number of aromatic amines is 2. The third-order valence-corrected chi connectivity index (χ3v) is 8.82. The van der Waals surface area contributed by atoms with Gasteiger partial charge in [-0.1, -0.05) is 19.1 Å². The second kappa shape index (κ2) is 9.30. The fourth-order valence-electron chi connectivity index (χ4n) is 6.44. The fraction of sp³-hybridized carbons (Fsp3) is 0.419. The molecule has 0 bridgehead atoms. The minimum absolute atomic E-state index is 0.111. The molecule has 1 saturated carbocycles. The smallest absolute Gasteiger partial charge is 0.181 e. The van der Waals surface area contributed by atoms with E-state index in [0.717, 1.165) is 65.7 Å². The molecule has 0 unspecified atom stereocenters. The Bertz CT molecular complexity index is 1720. The molecule has 1 aliphatic carbocycles. The SMILES string of the molecule is CCN1CCc2[nH]c(-c3ccc(-c4nc(Cc5ccc6[nH]ncc6c5C5CC5)n(C)n4)cc3OC)nc2C1(C)C. The summed E-state index contributed by atoms with van der Waals surface area (Å²) in [6, 6.07) is 10.5. The molecule has 2 aromatic carbocycles. The first-order valence-electron chi connectivity index (χ1n) is 14.2. The highest BCUT2D eigenvalue weighted by atomic mass is 16.5. The van der Waals surface area contributed by atoms with Crippen LogP contribution >= 0.6 is 0 Å². The van der Waals surface area contributed by atoms with Crippen molar-refractivity contribution in [3.8, 4) is 28.5 Å². The van der Waals surface area contributed by atoms with E-state index in [4.69, 9.17) is 19.8 Å². The number of methoxy groups -OCH3 is 1. The third kappa shape index (κ3) is 4.02. The standard InChI is InChI=1S/C31H36N8O/c1-6-39-14-13-24-28(31(39,2)3)35-30(33-24)21-11-9-20(15-25(21)40-5)29-34-26(38(4)37-29)16-19-10-12-23-22(17-32-36-23)27(19)18-7-8-18/h9-12,15,17-18H,6-8,13-14,16H2,1-5H3,(H,32,36)(H,33,35). The van der Waals surface area contributed by atoms with Crippen molar-refractivity contribution >= 4 is 10.9 Å². The number of benzene rings is 2. The van der Waals surface area contributed by atoms with Crippen LogP contribution in [0.1, 0.15) is 67.9 Å². The van der Waals surface area contributed by atoms with Crippen LogP contribution in [0.25, 0.3) is 33.7 Å². The van der Waals surface area contributed by atoms with Gasteiger partial charge in [-0.25, -0.2) is 9.97 Å². The number of imidazole rings is 1. The highest BCUT2D eigenvalue weighted by Gasteiger charge is 2.37. The van der Waals surface area contributed by atoms with Gasteiger partial charge in [0.05, 0.1) is 35.6 Å². The van der Waals surface area contributed by atoms with Gasteiger partial charge in [-0.3, -0.25) is 14.7 Å². The highest BCUT2D eigenvalue weighted by molar-refractivity contribution is 5.84. The van der Waals surface area contributed by atoms with Crippen molar-refractivity contribution in [3.05, 3.63) is 64.9 Å². The number of rotatable bonds is 7. The summed E-state index contributed by atoms with van der Waals surface area (Å²) in [5.74, 6) is 3.84. The van der Waals surface area contributed by atoms with Crippen LogP contribution in [0.3, 0.4) is 0 Å². The first-order chi connectivity index (χ1) is 19.4. The van der Waals surface area contributed by atoms with E-state index >= 15 is 0 Å². The van der Waals surface area contributed by atoms with Crippen LogP contribution in [0, 0.1) is 0 Å². The maximum absolute atomic E-state index is 5.86. The molecule has 9 nitrogen and oxygen atoms in total. The number of aromatic nitrogens is 7. The molecule has 1 fully saturated rings. The van der Waals surface area contributed by atoms with Gasteiger partial charge in [0.2, 0.25) is 0 Å². The Morgan fingerprint density at radius 3 is 2.75 bits per heavy atom. The fourth-order valence-corrected chi connectivity index (χ4v) is 6.44. The lowest BCUT2D eigenvalue weighted by Crippen LogP contribution is -2.46. The Hall–Kier alpha value is -3.98. The number of hydrogen-bond acceptors (Lipinski definition) is 6. The molecule has 0 radical (unpaired) electrons. The van der Waals surface area contributed by atoms with Crippen LogP contribution < -0.4 is 4.74 Å². The summed E-state index contributed by atoms with van der Waals surface area (Å²) < 4.78 is 7.76. The average molecular weight is 537 g/mol. The number of nitrogens with one attached hydrogen (secondary N) is 2. The predicted octanol–water partition coefficient (Wildman–Crippen LogP) is 5.34. The van der Waals surface area contributed by atoms with Gasteiger partial charge in [0.25, 0.3) is 0 Å². The van der Waals surface area contributed by atoms with Gasteiger partial charge in [-0.2, -0.15) is 10.2 Å². The number of H-pyrrole nitrogens is 2. The largest absolute Gasteiger partial charge is 0.496 e. The van der Waals surface area contributed by atoms with E-state index in [1.165, 1.54) is 35.0 Å². The number of fused-ring (bicyclic) bond motifs is 2. The van der Waals surface area contributed by atoms with E-state index in [9.17, 15) is 0 Å². The van der Waals surface area contributed by atoms with E-state index in [-0.39, 0.29) is 5.54 Å². The molecule has 2 N–H and O–H groups in total. The van der Waals surface area contributed by atoms with Gasteiger partial charge in [-0.05, 0) is 68.5 Å². The lowest BCUT2D eigenvalue weighted by Gasteiger charge is -2.40. The Morgan fingerprint density at radius 2 is 1.98 bits per heavy atom. The molecular formula is C31H36N8O. The van der Waals surface area contributed by atoms with E-state index < -0.39 is 0 Å². The first-order valence-corrected chi connectivity index (χ1v) is 14.2.